The summed E-state index contributed by atoms with van der Waals surface area (Å²) in [5.74, 6) is -0.168. The van der Waals surface area contributed by atoms with E-state index in [9.17, 15) is 9.59 Å². The van der Waals surface area contributed by atoms with E-state index in [2.05, 4.69) is 17.2 Å². The second-order valence-corrected chi connectivity index (χ2v) is 5.99. The first-order chi connectivity index (χ1) is 12.1. The van der Waals surface area contributed by atoms with Crippen LogP contribution in [0.15, 0.2) is 60.7 Å². The summed E-state index contributed by atoms with van der Waals surface area (Å²) < 4.78 is 0. The molecule has 1 amide bonds. The number of carbonyl (C=O) groups is 2. The van der Waals surface area contributed by atoms with Crippen LogP contribution in [0.4, 0.5) is 0 Å². The largest absolute Gasteiger partial charge is 0.340 e. The Morgan fingerprint density at radius 3 is 2.00 bits per heavy atom. The molecule has 0 spiro atoms. The molecule has 3 aromatic carbocycles. The summed E-state index contributed by atoms with van der Waals surface area (Å²) in [6, 6.07) is 15.8. The van der Waals surface area contributed by atoms with E-state index in [0.29, 0.717) is 24.4 Å². The molecule has 0 fully saturated rings. The van der Waals surface area contributed by atoms with Crippen LogP contribution in [-0.4, -0.2) is 18.9 Å². The Bertz CT molecular complexity index is 919. The van der Waals surface area contributed by atoms with E-state index < -0.39 is 0 Å². The van der Waals surface area contributed by atoms with Gasteiger partial charge in [-0.1, -0.05) is 55.1 Å². The van der Waals surface area contributed by atoms with Gasteiger partial charge in [-0.15, -0.1) is 0 Å². The maximum Gasteiger partial charge on any atom is 0.247 e. The molecule has 0 saturated carbocycles. The van der Waals surface area contributed by atoms with E-state index >= 15 is 0 Å². The highest BCUT2D eigenvalue weighted by Gasteiger charge is 2.12. The quantitative estimate of drug-likeness (QED) is 0.239. The maximum atomic E-state index is 11.7. The van der Waals surface area contributed by atoms with Crippen LogP contribution in [0.2, 0.25) is 0 Å². The van der Waals surface area contributed by atoms with Crippen molar-refractivity contribution >= 4 is 33.7 Å². The molecule has 0 radical (unpaired) electrons. The molecule has 0 aliphatic rings. The Kier molecular flexibility index (Phi) is 4.91. The first-order valence-corrected chi connectivity index (χ1v) is 8.15. The highest BCUT2D eigenvalue weighted by Crippen LogP contribution is 2.31. The summed E-state index contributed by atoms with van der Waals surface area (Å²) in [5.41, 5.74) is 2.31. The Hall–Kier alpha value is -2.98. The van der Waals surface area contributed by atoms with E-state index in [1.165, 1.54) is 0 Å². The minimum absolute atomic E-state index is 0.168. The lowest BCUT2D eigenvalue weighted by molar-refractivity contribution is -0.117. The number of hydrogen-bond donors (Lipinski definition) is 2. The summed E-state index contributed by atoms with van der Waals surface area (Å²) in [6.45, 7) is 6.23. The van der Waals surface area contributed by atoms with E-state index in [0.717, 1.165) is 33.4 Å². The second-order valence-electron chi connectivity index (χ2n) is 5.99. The fraction of sp³-hybridized carbons (Fsp3) is 0.143. The summed E-state index contributed by atoms with van der Waals surface area (Å²) in [5, 5.41) is 9.99. The van der Waals surface area contributed by atoms with Crippen LogP contribution in [0.1, 0.15) is 22.8 Å². The molecule has 0 saturated heterocycles. The summed E-state index contributed by atoms with van der Waals surface area (Å²) in [7, 11) is 0. The van der Waals surface area contributed by atoms with Gasteiger partial charge in [0, 0.05) is 17.7 Å². The van der Waals surface area contributed by atoms with Gasteiger partial charge < -0.3 is 5.32 Å². The molecular weight excluding hydrogens is 312 g/mol. The highest BCUT2D eigenvalue weighted by atomic mass is 16.1. The standard InChI is InChI=1S/C21H20N2O2/c1-14(2)21(25)23-13-22-11-19-15-7-3-5-9-17(15)20(12-24)18-10-6-4-8-16(18)19/h3-10,12,22H,1,11,13H2,2H3,(H,23,25). The highest BCUT2D eigenvalue weighted by molar-refractivity contribution is 6.14. The third-order valence-corrected chi connectivity index (χ3v) is 4.27. The minimum Gasteiger partial charge on any atom is -0.340 e. The average Bonchev–Trinajstić information content (AvgIpc) is 2.64. The lowest BCUT2D eigenvalue weighted by Crippen LogP contribution is -2.33. The molecule has 126 valence electrons. The zero-order chi connectivity index (χ0) is 17.8. The van der Waals surface area contributed by atoms with Gasteiger partial charge in [-0.25, -0.2) is 0 Å². The third-order valence-electron chi connectivity index (χ3n) is 4.27. The lowest BCUT2D eigenvalue weighted by Gasteiger charge is -2.15. The van der Waals surface area contributed by atoms with Gasteiger partial charge in [-0.3, -0.25) is 14.9 Å². The molecular formula is C21H20N2O2. The van der Waals surface area contributed by atoms with Crippen molar-refractivity contribution in [3.8, 4) is 0 Å². The van der Waals surface area contributed by atoms with Crippen molar-refractivity contribution in [2.24, 2.45) is 0 Å². The fourth-order valence-electron chi connectivity index (χ4n) is 3.05. The van der Waals surface area contributed by atoms with Crippen LogP contribution in [-0.2, 0) is 11.3 Å². The average molecular weight is 332 g/mol. The summed E-state index contributed by atoms with van der Waals surface area (Å²) in [6.07, 6.45) is 0.926. The minimum atomic E-state index is -0.168. The van der Waals surface area contributed by atoms with Crippen LogP contribution in [0.5, 0.6) is 0 Å². The van der Waals surface area contributed by atoms with Gasteiger partial charge in [0.25, 0.3) is 0 Å². The van der Waals surface area contributed by atoms with Crippen molar-refractivity contribution in [2.45, 2.75) is 13.5 Å². The molecule has 0 unspecified atom stereocenters. The molecule has 4 nitrogen and oxygen atoms in total. The topological polar surface area (TPSA) is 58.2 Å². The first kappa shape index (κ1) is 16.9. The van der Waals surface area contributed by atoms with Crippen molar-refractivity contribution in [1.29, 1.82) is 0 Å². The Morgan fingerprint density at radius 1 is 1.00 bits per heavy atom. The number of nitrogens with one attached hydrogen (secondary N) is 2. The normalized spacial score (nSPS) is 10.8. The van der Waals surface area contributed by atoms with Gasteiger partial charge in [-0.2, -0.15) is 0 Å². The smallest absolute Gasteiger partial charge is 0.247 e. The molecule has 0 aromatic heterocycles. The van der Waals surface area contributed by atoms with Crippen molar-refractivity contribution < 1.29 is 9.59 Å². The predicted octanol–water partition coefficient (Wildman–Crippen LogP) is 3.54. The molecule has 3 rings (SSSR count). The predicted molar refractivity (Wildman–Crippen MR) is 102 cm³/mol. The number of carbonyl (C=O) groups excluding carboxylic acids is 2. The van der Waals surface area contributed by atoms with Gasteiger partial charge in [0.15, 0.2) is 6.29 Å². The van der Waals surface area contributed by atoms with Crippen molar-refractivity contribution in [1.82, 2.24) is 10.6 Å². The zero-order valence-corrected chi connectivity index (χ0v) is 14.1. The molecule has 0 aliphatic carbocycles. The number of hydrogen-bond acceptors (Lipinski definition) is 3. The molecule has 0 aliphatic heterocycles. The van der Waals surface area contributed by atoms with E-state index in [-0.39, 0.29) is 5.91 Å². The fourth-order valence-corrected chi connectivity index (χ4v) is 3.05. The maximum absolute atomic E-state index is 11.7. The number of fused-ring (bicyclic) bond motifs is 2. The number of rotatable bonds is 6. The second kappa shape index (κ2) is 7.28. The molecule has 0 heterocycles. The monoisotopic (exact) mass is 332 g/mol. The molecule has 0 bridgehead atoms. The van der Waals surface area contributed by atoms with Gasteiger partial charge >= 0.3 is 0 Å². The van der Waals surface area contributed by atoms with Crippen molar-refractivity contribution in [3.63, 3.8) is 0 Å². The van der Waals surface area contributed by atoms with E-state index in [1.807, 2.05) is 48.5 Å². The molecule has 0 atom stereocenters. The van der Waals surface area contributed by atoms with Crippen molar-refractivity contribution in [3.05, 3.63) is 71.8 Å². The van der Waals surface area contributed by atoms with Gasteiger partial charge in [0.2, 0.25) is 5.91 Å². The van der Waals surface area contributed by atoms with Crippen molar-refractivity contribution in [2.75, 3.05) is 6.67 Å². The summed E-state index contributed by atoms with van der Waals surface area (Å²) in [4.78, 5) is 23.2. The third kappa shape index (κ3) is 3.30. The van der Waals surface area contributed by atoms with E-state index in [4.69, 9.17) is 0 Å². The van der Waals surface area contributed by atoms with Crippen LogP contribution < -0.4 is 10.6 Å². The Balaban J connectivity index is 2.00. The van der Waals surface area contributed by atoms with Gasteiger partial charge in [-0.05, 0) is 34.0 Å². The van der Waals surface area contributed by atoms with Crippen LogP contribution in [0.3, 0.4) is 0 Å². The lowest BCUT2D eigenvalue weighted by atomic mass is 9.92. The van der Waals surface area contributed by atoms with E-state index in [1.54, 1.807) is 6.92 Å². The molecule has 2 N–H and O–H groups in total. The zero-order valence-electron chi connectivity index (χ0n) is 14.1. The number of benzene rings is 3. The van der Waals surface area contributed by atoms with Crippen LogP contribution >= 0.6 is 0 Å². The first-order valence-electron chi connectivity index (χ1n) is 8.15. The molecule has 25 heavy (non-hydrogen) atoms. The Morgan fingerprint density at radius 2 is 1.52 bits per heavy atom. The number of amides is 1. The van der Waals surface area contributed by atoms with Gasteiger partial charge in [0.05, 0.1) is 6.67 Å². The molecule has 4 heteroatoms. The van der Waals surface area contributed by atoms with Gasteiger partial charge in [0.1, 0.15) is 0 Å². The Labute approximate surface area is 146 Å². The number of aldehydes is 1. The van der Waals surface area contributed by atoms with Crippen LogP contribution in [0, 0.1) is 0 Å². The molecule has 3 aromatic rings. The van der Waals surface area contributed by atoms with Crippen LogP contribution in [0.25, 0.3) is 21.5 Å². The SMILES string of the molecule is C=C(C)C(=O)NCNCc1c2ccccc2c(C=O)c2ccccc12. The summed E-state index contributed by atoms with van der Waals surface area (Å²) >= 11 is 0.